The quantitative estimate of drug-likeness (QED) is 0.601. The maximum Gasteiger partial charge on any atom is 0.271 e. The lowest BCUT2D eigenvalue weighted by Crippen LogP contribution is -2.20. The zero-order chi connectivity index (χ0) is 17.1. The number of H-pyrrole nitrogens is 1. The van der Waals surface area contributed by atoms with E-state index in [0.29, 0.717) is 27.3 Å². The minimum absolute atomic E-state index is 0.123. The fourth-order valence-corrected chi connectivity index (χ4v) is 4.30. The SMILES string of the molecule is O=c1[nH]sc2c(C3CC3)c3cc(-c4cccnc4)c(F)cn3c(=O)c12. The number of rotatable bonds is 2. The Kier molecular flexibility index (Phi) is 2.96. The van der Waals surface area contributed by atoms with Crippen molar-refractivity contribution in [2.45, 2.75) is 18.8 Å². The molecule has 0 radical (unpaired) electrons. The van der Waals surface area contributed by atoms with E-state index in [-0.39, 0.29) is 5.39 Å². The molecule has 0 spiro atoms. The second kappa shape index (κ2) is 5.10. The molecule has 0 aromatic carbocycles. The van der Waals surface area contributed by atoms with E-state index in [1.54, 1.807) is 30.6 Å². The van der Waals surface area contributed by atoms with E-state index in [0.717, 1.165) is 18.4 Å². The molecule has 0 amide bonds. The molecule has 5 nitrogen and oxygen atoms in total. The maximum atomic E-state index is 14.7. The van der Waals surface area contributed by atoms with Crippen molar-refractivity contribution in [2.24, 2.45) is 0 Å². The van der Waals surface area contributed by atoms with Gasteiger partial charge in [0, 0.05) is 29.7 Å². The molecule has 4 aromatic rings. The topological polar surface area (TPSA) is 67.2 Å². The van der Waals surface area contributed by atoms with E-state index < -0.39 is 16.9 Å². The van der Waals surface area contributed by atoms with E-state index in [1.807, 2.05) is 0 Å². The van der Waals surface area contributed by atoms with Crippen molar-refractivity contribution in [2.75, 3.05) is 0 Å². The summed E-state index contributed by atoms with van der Waals surface area (Å²) in [5.41, 5.74) is 1.79. The first-order chi connectivity index (χ1) is 12.1. The van der Waals surface area contributed by atoms with Crippen molar-refractivity contribution in [3.63, 3.8) is 0 Å². The van der Waals surface area contributed by atoms with Crippen LogP contribution in [0.25, 0.3) is 26.7 Å². The first kappa shape index (κ1) is 14.5. The van der Waals surface area contributed by atoms with Crippen LogP contribution >= 0.6 is 11.5 Å². The van der Waals surface area contributed by atoms with Crippen LogP contribution in [0.2, 0.25) is 0 Å². The number of hydrogen-bond donors (Lipinski definition) is 1. The lowest BCUT2D eigenvalue weighted by Gasteiger charge is -2.11. The second-order valence-corrected chi connectivity index (χ2v) is 7.08. The summed E-state index contributed by atoms with van der Waals surface area (Å²) in [7, 11) is 0. The van der Waals surface area contributed by atoms with Gasteiger partial charge in [0.25, 0.3) is 11.1 Å². The molecule has 0 bridgehead atoms. The van der Waals surface area contributed by atoms with E-state index in [1.165, 1.54) is 22.1 Å². The highest BCUT2D eigenvalue weighted by molar-refractivity contribution is 7.13. The van der Waals surface area contributed by atoms with Crippen LogP contribution in [0.15, 0.2) is 46.4 Å². The molecule has 124 valence electrons. The minimum atomic E-state index is -0.518. The average molecular weight is 353 g/mol. The first-order valence-electron chi connectivity index (χ1n) is 7.94. The minimum Gasteiger partial charge on any atom is -0.280 e. The molecule has 4 heterocycles. The number of hydrogen-bond acceptors (Lipinski definition) is 4. The molecule has 1 saturated carbocycles. The molecule has 4 aromatic heterocycles. The van der Waals surface area contributed by atoms with Gasteiger partial charge in [0.1, 0.15) is 11.2 Å². The summed E-state index contributed by atoms with van der Waals surface area (Å²) in [6, 6.07) is 5.23. The second-order valence-electron chi connectivity index (χ2n) is 6.26. The third-order valence-corrected chi connectivity index (χ3v) is 5.57. The number of aromatic nitrogens is 3. The predicted molar refractivity (Wildman–Crippen MR) is 94.8 cm³/mol. The molecule has 5 rings (SSSR count). The Labute approximate surface area is 144 Å². The average Bonchev–Trinajstić information content (AvgIpc) is 3.38. The van der Waals surface area contributed by atoms with Gasteiger partial charge in [-0.3, -0.25) is 23.3 Å². The van der Waals surface area contributed by atoms with Crippen molar-refractivity contribution in [1.82, 2.24) is 13.8 Å². The van der Waals surface area contributed by atoms with Crippen LogP contribution in [0.3, 0.4) is 0 Å². The van der Waals surface area contributed by atoms with Gasteiger partial charge in [0.2, 0.25) is 0 Å². The molecule has 1 aliphatic carbocycles. The summed E-state index contributed by atoms with van der Waals surface area (Å²) < 4.78 is 19.3. The van der Waals surface area contributed by atoms with E-state index >= 15 is 0 Å². The number of fused-ring (bicyclic) bond motifs is 2. The van der Waals surface area contributed by atoms with Gasteiger partial charge in [-0.1, -0.05) is 17.6 Å². The van der Waals surface area contributed by atoms with Gasteiger partial charge in [0.05, 0.1) is 10.2 Å². The van der Waals surface area contributed by atoms with Crippen LogP contribution in [0.1, 0.15) is 24.3 Å². The van der Waals surface area contributed by atoms with Crippen LogP contribution in [0, 0.1) is 5.82 Å². The van der Waals surface area contributed by atoms with Gasteiger partial charge in [-0.2, -0.15) is 0 Å². The Morgan fingerprint density at radius 3 is 2.88 bits per heavy atom. The number of aromatic amines is 1. The monoisotopic (exact) mass is 353 g/mol. The Morgan fingerprint density at radius 2 is 2.16 bits per heavy atom. The maximum absolute atomic E-state index is 14.7. The molecule has 1 aliphatic rings. The summed E-state index contributed by atoms with van der Waals surface area (Å²) in [4.78, 5) is 28.8. The molecule has 1 N–H and O–H groups in total. The zero-order valence-electron chi connectivity index (χ0n) is 13.0. The fourth-order valence-electron chi connectivity index (χ4n) is 3.34. The lowest BCUT2D eigenvalue weighted by atomic mass is 10.0. The Bertz CT molecular complexity index is 1250. The standard InChI is InChI=1S/C18H12FN3O2S/c19-12-8-22-13(6-11(12)10-2-1-5-20-7-10)14(9-3-4-9)16-15(18(22)24)17(23)21-25-16/h1-2,5-9H,3-4H2,(H,21,23). The third kappa shape index (κ3) is 2.09. The van der Waals surface area contributed by atoms with Crippen molar-refractivity contribution in [3.8, 4) is 11.1 Å². The number of nitrogens with one attached hydrogen (secondary N) is 1. The molecule has 1 fully saturated rings. The normalized spacial score (nSPS) is 14.4. The highest BCUT2D eigenvalue weighted by Gasteiger charge is 2.30. The van der Waals surface area contributed by atoms with E-state index in [9.17, 15) is 14.0 Å². The number of nitrogens with zero attached hydrogens (tertiary/aromatic N) is 2. The van der Waals surface area contributed by atoms with Crippen LogP contribution in [-0.2, 0) is 0 Å². The van der Waals surface area contributed by atoms with Crippen LogP contribution in [-0.4, -0.2) is 13.8 Å². The smallest absolute Gasteiger partial charge is 0.271 e. The van der Waals surface area contributed by atoms with Gasteiger partial charge in [0.15, 0.2) is 0 Å². The molecular formula is C18H12FN3O2S. The van der Waals surface area contributed by atoms with Crippen LogP contribution in [0.5, 0.6) is 0 Å². The van der Waals surface area contributed by atoms with Gasteiger partial charge in [-0.15, -0.1) is 0 Å². The Hall–Kier alpha value is -2.80. The number of pyridine rings is 3. The van der Waals surface area contributed by atoms with Crippen molar-refractivity contribution in [1.29, 1.82) is 0 Å². The summed E-state index contributed by atoms with van der Waals surface area (Å²) >= 11 is 1.19. The fraction of sp³-hybridized carbons (Fsp3) is 0.167. The zero-order valence-corrected chi connectivity index (χ0v) is 13.8. The number of halogens is 1. The molecular weight excluding hydrogens is 341 g/mol. The predicted octanol–water partition coefficient (Wildman–Crippen LogP) is 3.28. The van der Waals surface area contributed by atoms with Crippen molar-refractivity contribution >= 4 is 27.1 Å². The Balaban J connectivity index is 1.96. The van der Waals surface area contributed by atoms with Crippen molar-refractivity contribution < 1.29 is 4.39 Å². The van der Waals surface area contributed by atoms with Gasteiger partial charge < -0.3 is 0 Å². The molecule has 7 heteroatoms. The van der Waals surface area contributed by atoms with Gasteiger partial charge >= 0.3 is 0 Å². The summed E-state index contributed by atoms with van der Waals surface area (Å²) in [6.07, 6.45) is 6.42. The molecule has 25 heavy (non-hydrogen) atoms. The molecule has 0 unspecified atom stereocenters. The molecule has 0 saturated heterocycles. The molecule has 0 atom stereocenters. The van der Waals surface area contributed by atoms with Crippen LogP contribution < -0.4 is 11.1 Å². The summed E-state index contributed by atoms with van der Waals surface area (Å²) in [5.74, 6) is -0.216. The van der Waals surface area contributed by atoms with Gasteiger partial charge in [-0.05, 0) is 36.5 Å². The van der Waals surface area contributed by atoms with Crippen molar-refractivity contribution in [3.05, 3.63) is 68.9 Å². The van der Waals surface area contributed by atoms with Crippen LogP contribution in [0.4, 0.5) is 4.39 Å². The van der Waals surface area contributed by atoms with E-state index in [4.69, 9.17) is 0 Å². The summed E-state index contributed by atoms with van der Waals surface area (Å²) in [5, 5.41) is 0.123. The largest absolute Gasteiger partial charge is 0.280 e. The highest BCUT2D eigenvalue weighted by atomic mass is 32.1. The molecule has 0 aliphatic heterocycles. The van der Waals surface area contributed by atoms with Gasteiger partial charge in [-0.25, -0.2) is 4.39 Å². The third-order valence-electron chi connectivity index (χ3n) is 4.65. The first-order valence-corrected chi connectivity index (χ1v) is 8.76. The van der Waals surface area contributed by atoms with E-state index in [2.05, 4.69) is 9.36 Å². The lowest BCUT2D eigenvalue weighted by molar-refractivity contribution is 0.621. The summed E-state index contributed by atoms with van der Waals surface area (Å²) in [6.45, 7) is 0. The Morgan fingerprint density at radius 1 is 1.32 bits per heavy atom. The highest BCUT2D eigenvalue weighted by Crippen LogP contribution is 2.45.